The number of aromatic nitrogens is 2. The fourth-order valence-electron chi connectivity index (χ4n) is 3.45. The second-order valence-corrected chi connectivity index (χ2v) is 6.72. The van der Waals surface area contributed by atoms with E-state index in [1.54, 1.807) is 0 Å². The van der Waals surface area contributed by atoms with Crippen LogP contribution in [0.3, 0.4) is 0 Å². The molecule has 0 bridgehead atoms. The third-order valence-corrected chi connectivity index (χ3v) is 5.42. The van der Waals surface area contributed by atoms with E-state index in [1.807, 2.05) is 0 Å². The summed E-state index contributed by atoms with van der Waals surface area (Å²) in [5.41, 5.74) is 0.126. The molecule has 124 valence electrons. The van der Waals surface area contributed by atoms with Gasteiger partial charge in [-0.3, -0.25) is 4.90 Å². The first-order valence-electron chi connectivity index (χ1n) is 8.48. The van der Waals surface area contributed by atoms with E-state index in [-0.39, 0.29) is 5.41 Å². The highest BCUT2D eigenvalue weighted by Gasteiger charge is 2.32. The van der Waals surface area contributed by atoms with E-state index < -0.39 is 0 Å². The van der Waals surface area contributed by atoms with Crippen molar-refractivity contribution in [2.75, 3.05) is 32.9 Å². The average Bonchev–Trinajstić information content (AvgIpc) is 3.05. The smallest absolute Gasteiger partial charge is 0.229 e. The van der Waals surface area contributed by atoms with Gasteiger partial charge in [0.25, 0.3) is 0 Å². The van der Waals surface area contributed by atoms with Gasteiger partial charge < -0.3 is 14.4 Å². The van der Waals surface area contributed by atoms with Gasteiger partial charge in [-0.2, -0.15) is 4.98 Å². The van der Waals surface area contributed by atoms with Crippen LogP contribution >= 0.6 is 0 Å². The molecule has 2 fully saturated rings. The Kier molecular flexibility index (Phi) is 5.10. The maximum Gasteiger partial charge on any atom is 0.229 e. The molecule has 2 aliphatic rings. The Morgan fingerprint density at radius 3 is 2.64 bits per heavy atom. The lowest BCUT2D eigenvalue weighted by Gasteiger charge is -2.39. The van der Waals surface area contributed by atoms with Gasteiger partial charge in [-0.1, -0.05) is 12.1 Å². The van der Waals surface area contributed by atoms with E-state index in [1.165, 1.54) is 0 Å². The molecular formula is C16H27N3O3. The van der Waals surface area contributed by atoms with Crippen molar-refractivity contribution >= 4 is 0 Å². The summed E-state index contributed by atoms with van der Waals surface area (Å²) in [6.07, 6.45) is 5.09. The van der Waals surface area contributed by atoms with Crippen molar-refractivity contribution in [1.29, 1.82) is 0 Å². The van der Waals surface area contributed by atoms with Crippen LogP contribution in [0, 0.1) is 5.41 Å². The van der Waals surface area contributed by atoms with Gasteiger partial charge in [0.1, 0.15) is 0 Å². The number of rotatable bonds is 5. The Balaban J connectivity index is 1.53. The lowest BCUT2D eigenvalue weighted by Crippen LogP contribution is -2.41. The minimum absolute atomic E-state index is 0.126. The van der Waals surface area contributed by atoms with Crippen molar-refractivity contribution in [3.63, 3.8) is 0 Å². The molecule has 1 aromatic heterocycles. The Bertz CT molecular complexity index is 457. The van der Waals surface area contributed by atoms with Gasteiger partial charge in [-0.05, 0) is 50.6 Å². The lowest BCUT2D eigenvalue weighted by molar-refractivity contribution is 0.0371. The third-order valence-electron chi connectivity index (χ3n) is 5.42. The van der Waals surface area contributed by atoms with Crippen molar-refractivity contribution in [2.24, 2.45) is 5.41 Å². The zero-order chi connectivity index (χ0) is 15.4. The maximum atomic E-state index is 9.60. The minimum atomic E-state index is 0.126. The van der Waals surface area contributed by atoms with Crippen molar-refractivity contribution in [3.8, 4) is 0 Å². The predicted octanol–water partition coefficient (Wildman–Crippen LogP) is 1.95. The number of hydrogen-bond donors (Lipinski definition) is 1. The van der Waals surface area contributed by atoms with E-state index in [9.17, 15) is 5.11 Å². The number of nitrogens with zero attached hydrogens (tertiary/aromatic N) is 3. The van der Waals surface area contributed by atoms with Crippen molar-refractivity contribution in [1.82, 2.24) is 15.0 Å². The van der Waals surface area contributed by atoms with E-state index in [4.69, 9.17) is 9.26 Å². The Morgan fingerprint density at radius 2 is 2.00 bits per heavy atom. The topological polar surface area (TPSA) is 71.6 Å². The molecule has 6 heteroatoms. The molecule has 0 radical (unpaired) electrons. The van der Waals surface area contributed by atoms with Crippen LogP contribution in [0.15, 0.2) is 4.52 Å². The molecule has 0 unspecified atom stereocenters. The Morgan fingerprint density at radius 1 is 1.27 bits per heavy atom. The number of aliphatic hydroxyl groups excluding tert-OH is 1. The first-order valence-corrected chi connectivity index (χ1v) is 8.48. The fourth-order valence-corrected chi connectivity index (χ4v) is 3.45. The van der Waals surface area contributed by atoms with Crippen LogP contribution in [0.5, 0.6) is 0 Å². The SMILES string of the molecule is CCC1(CO)CCN(Cc2noc(C3CCOCC3)n2)CC1. The van der Waals surface area contributed by atoms with Gasteiger partial charge in [0.15, 0.2) is 5.82 Å². The molecule has 0 spiro atoms. The van der Waals surface area contributed by atoms with Gasteiger partial charge in [-0.25, -0.2) is 0 Å². The van der Waals surface area contributed by atoms with Crippen LogP contribution in [-0.4, -0.2) is 53.1 Å². The Labute approximate surface area is 131 Å². The summed E-state index contributed by atoms with van der Waals surface area (Å²) in [4.78, 5) is 6.94. The molecule has 6 nitrogen and oxygen atoms in total. The predicted molar refractivity (Wildman–Crippen MR) is 81.4 cm³/mol. The molecule has 3 heterocycles. The molecule has 2 saturated heterocycles. The fraction of sp³-hybridized carbons (Fsp3) is 0.875. The highest BCUT2D eigenvalue weighted by molar-refractivity contribution is 4.96. The maximum absolute atomic E-state index is 9.60. The largest absolute Gasteiger partial charge is 0.396 e. The van der Waals surface area contributed by atoms with Crippen LogP contribution in [0.1, 0.15) is 56.7 Å². The molecule has 1 N–H and O–H groups in total. The zero-order valence-corrected chi connectivity index (χ0v) is 13.5. The Hall–Kier alpha value is -0.980. The van der Waals surface area contributed by atoms with Gasteiger partial charge in [0, 0.05) is 25.7 Å². The number of piperidine rings is 1. The number of likely N-dealkylation sites (tertiary alicyclic amines) is 1. The van der Waals surface area contributed by atoms with Crippen molar-refractivity contribution < 1.29 is 14.4 Å². The van der Waals surface area contributed by atoms with Gasteiger partial charge in [0.2, 0.25) is 5.89 Å². The van der Waals surface area contributed by atoms with Crippen LogP contribution in [0.2, 0.25) is 0 Å². The van der Waals surface area contributed by atoms with E-state index in [0.29, 0.717) is 12.5 Å². The average molecular weight is 309 g/mol. The van der Waals surface area contributed by atoms with Crippen molar-refractivity contribution in [2.45, 2.75) is 51.5 Å². The number of aliphatic hydroxyl groups is 1. The normalized spacial score (nSPS) is 23.7. The molecule has 0 aliphatic carbocycles. The van der Waals surface area contributed by atoms with Crippen LogP contribution in [0.25, 0.3) is 0 Å². The van der Waals surface area contributed by atoms with Crippen LogP contribution in [-0.2, 0) is 11.3 Å². The highest BCUT2D eigenvalue weighted by atomic mass is 16.5. The van der Waals surface area contributed by atoms with Gasteiger partial charge >= 0.3 is 0 Å². The molecule has 2 aliphatic heterocycles. The second-order valence-electron chi connectivity index (χ2n) is 6.72. The van der Waals surface area contributed by atoms with Gasteiger partial charge in [0.05, 0.1) is 6.54 Å². The summed E-state index contributed by atoms with van der Waals surface area (Å²) >= 11 is 0. The number of ether oxygens (including phenoxy) is 1. The molecule has 0 atom stereocenters. The van der Waals surface area contributed by atoms with E-state index in [2.05, 4.69) is 22.0 Å². The van der Waals surface area contributed by atoms with Gasteiger partial charge in [-0.15, -0.1) is 0 Å². The minimum Gasteiger partial charge on any atom is -0.396 e. The summed E-state index contributed by atoms with van der Waals surface area (Å²) in [5, 5.41) is 13.7. The molecular weight excluding hydrogens is 282 g/mol. The van der Waals surface area contributed by atoms with Crippen LogP contribution in [0.4, 0.5) is 0 Å². The third kappa shape index (κ3) is 3.50. The lowest BCUT2D eigenvalue weighted by atomic mass is 9.77. The first kappa shape index (κ1) is 15.9. The van der Waals surface area contributed by atoms with E-state index >= 15 is 0 Å². The molecule has 0 saturated carbocycles. The monoisotopic (exact) mass is 309 g/mol. The quantitative estimate of drug-likeness (QED) is 0.896. The standard InChI is InChI=1S/C16H27N3O3/c1-2-16(12-20)5-7-19(8-6-16)11-14-17-15(22-18-14)13-3-9-21-10-4-13/h13,20H,2-12H2,1H3. The van der Waals surface area contributed by atoms with Crippen LogP contribution < -0.4 is 0 Å². The molecule has 0 amide bonds. The summed E-state index contributed by atoms with van der Waals surface area (Å²) < 4.78 is 10.8. The molecule has 22 heavy (non-hydrogen) atoms. The summed E-state index contributed by atoms with van der Waals surface area (Å²) in [7, 11) is 0. The summed E-state index contributed by atoms with van der Waals surface area (Å²) in [6, 6.07) is 0. The highest BCUT2D eigenvalue weighted by Crippen LogP contribution is 2.34. The number of hydrogen-bond acceptors (Lipinski definition) is 6. The first-order chi connectivity index (χ1) is 10.7. The summed E-state index contributed by atoms with van der Waals surface area (Å²) in [5.74, 6) is 1.92. The zero-order valence-electron chi connectivity index (χ0n) is 13.5. The molecule has 3 rings (SSSR count). The molecule has 1 aromatic rings. The summed E-state index contributed by atoms with van der Waals surface area (Å²) in [6.45, 7) is 6.78. The van der Waals surface area contributed by atoms with Crippen molar-refractivity contribution in [3.05, 3.63) is 11.7 Å². The molecule has 0 aromatic carbocycles. The second kappa shape index (κ2) is 7.06. The van der Waals surface area contributed by atoms with E-state index in [0.717, 1.165) is 76.7 Å².